The SMILES string of the molecule is COC(=O)c1sccc1NC(=O)c1ccc(Br)cc1Br. The predicted octanol–water partition coefficient (Wildman–Crippen LogP) is 4.31. The fourth-order valence-electron chi connectivity index (χ4n) is 1.52. The van der Waals surface area contributed by atoms with Crippen molar-refractivity contribution in [3.05, 3.63) is 49.0 Å². The maximum atomic E-state index is 12.2. The molecule has 0 unspecified atom stereocenters. The minimum Gasteiger partial charge on any atom is -0.465 e. The van der Waals surface area contributed by atoms with Gasteiger partial charge in [0.05, 0.1) is 18.4 Å². The molecular weight excluding hydrogens is 410 g/mol. The van der Waals surface area contributed by atoms with Crippen molar-refractivity contribution >= 4 is 60.8 Å². The van der Waals surface area contributed by atoms with Crippen LogP contribution in [0.3, 0.4) is 0 Å². The maximum Gasteiger partial charge on any atom is 0.350 e. The topological polar surface area (TPSA) is 55.4 Å². The molecule has 0 fully saturated rings. The van der Waals surface area contributed by atoms with Gasteiger partial charge in [-0.2, -0.15) is 0 Å². The van der Waals surface area contributed by atoms with E-state index in [0.717, 1.165) is 4.47 Å². The Morgan fingerprint density at radius 3 is 2.65 bits per heavy atom. The minimum atomic E-state index is -0.467. The summed E-state index contributed by atoms with van der Waals surface area (Å²) in [5.74, 6) is -0.766. The summed E-state index contributed by atoms with van der Waals surface area (Å²) in [5, 5.41) is 4.43. The van der Waals surface area contributed by atoms with E-state index in [0.29, 0.717) is 20.6 Å². The van der Waals surface area contributed by atoms with Gasteiger partial charge in [0.25, 0.3) is 5.91 Å². The highest BCUT2D eigenvalue weighted by atomic mass is 79.9. The first-order valence-corrected chi connectivity index (χ1v) is 7.91. The number of rotatable bonds is 3. The van der Waals surface area contributed by atoms with Crippen molar-refractivity contribution in [2.45, 2.75) is 0 Å². The molecule has 1 aromatic carbocycles. The molecule has 20 heavy (non-hydrogen) atoms. The van der Waals surface area contributed by atoms with Gasteiger partial charge in [0, 0.05) is 8.95 Å². The molecule has 1 N–H and O–H groups in total. The van der Waals surface area contributed by atoms with E-state index in [1.165, 1.54) is 18.4 Å². The Bertz CT molecular complexity index is 669. The van der Waals surface area contributed by atoms with E-state index < -0.39 is 5.97 Å². The molecular formula is C13H9Br2NO3S. The smallest absolute Gasteiger partial charge is 0.350 e. The van der Waals surface area contributed by atoms with Crippen molar-refractivity contribution in [2.75, 3.05) is 12.4 Å². The lowest BCUT2D eigenvalue weighted by atomic mass is 10.2. The number of benzene rings is 1. The van der Waals surface area contributed by atoms with Crippen LogP contribution in [-0.2, 0) is 4.74 Å². The van der Waals surface area contributed by atoms with E-state index in [1.807, 2.05) is 0 Å². The van der Waals surface area contributed by atoms with E-state index in [2.05, 4.69) is 41.9 Å². The highest BCUT2D eigenvalue weighted by Gasteiger charge is 2.17. The minimum absolute atomic E-state index is 0.298. The number of hydrogen-bond acceptors (Lipinski definition) is 4. The molecule has 0 aliphatic heterocycles. The number of methoxy groups -OCH3 is 1. The van der Waals surface area contributed by atoms with Gasteiger partial charge in [0.1, 0.15) is 4.88 Å². The van der Waals surface area contributed by atoms with Gasteiger partial charge >= 0.3 is 5.97 Å². The highest BCUT2D eigenvalue weighted by Crippen LogP contribution is 2.26. The van der Waals surface area contributed by atoms with Crippen molar-refractivity contribution < 1.29 is 14.3 Å². The predicted molar refractivity (Wildman–Crippen MR) is 85.5 cm³/mol. The molecule has 1 heterocycles. The molecule has 0 atom stereocenters. The number of carbonyl (C=O) groups excluding carboxylic acids is 2. The number of ether oxygens (including phenoxy) is 1. The Morgan fingerprint density at radius 2 is 2.00 bits per heavy atom. The fourth-order valence-corrected chi connectivity index (χ4v) is 3.51. The van der Waals surface area contributed by atoms with Crippen LogP contribution < -0.4 is 5.32 Å². The van der Waals surface area contributed by atoms with E-state index in [1.54, 1.807) is 29.6 Å². The molecule has 0 saturated heterocycles. The summed E-state index contributed by atoms with van der Waals surface area (Å²) in [5.41, 5.74) is 0.928. The lowest BCUT2D eigenvalue weighted by Crippen LogP contribution is -2.14. The number of thiophene rings is 1. The number of anilines is 1. The average molecular weight is 419 g/mol. The van der Waals surface area contributed by atoms with Crippen molar-refractivity contribution in [1.82, 2.24) is 0 Å². The molecule has 2 aromatic rings. The van der Waals surface area contributed by atoms with Gasteiger partial charge in [-0.15, -0.1) is 11.3 Å². The first kappa shape index (κ1) is 15.2. The first-order chi connectivity index (χ1) is 9.52. The normalized spacial score (nSPS) is 10.2. The van der Waals surface area contributed by atoms with Gasteiger partial charge in [-0.1, -0.05) is 15.9 Å². The molecule has 0 aliphatic rings. The van der Waals surface area contributed by atoms with E-state index in [9.17, 15) is 9.59 Å². The van der Waals surface area contributed by atoms with Crippen LogP contribution in [0.4, 0.5) is 5.69 Å². The molecule has 4 nitrogen and oxygen atoms in total. The molecule has 1 amide bonds. The van der Waals surface area contributed by atoms with Gasteiger partial charge in [-0.25, -0.2) is 4.79 Å². The largest absolute Gasteiger partial charge is 0.465 e. The summed E-state index contributed by atoms with van der Waals surface area (Å²) in [6.45, 7) is 0. The Hall–Kier alpha value is -1.18. The molecule has 7 heteroatoms. The second-order valence-corrected chi connectivity index (χ2v) is 6.42. The summed E-state index contributed by atoms with van der Waals surface area (Å²) >= 11 is 7.88. The number of esters is 1. The third-order valence-corrected chi connectivity index (χ3v) is 4.50. The fraction of sp³-hybridized carbons (Fsp3) is 0.0769. The number of amides is 1. The summed E-state index contributed by atoms with van der Waals surface area (Å²) < 4.78 is 6.20. The van der Waals surface area contributed by atoms with E-state index >= 15 is 0 Å². The summed E-state index contributed by atoms with van der Waals surface area (Å²) in [6, 6.07) is 6.91. The van der Waals surface area contributed by atoms with Crippen LogP contribution in [0.5, 0.6) is 0 Å². The first-order valence-electron chi connectivity index (χ1n) is 5.45. The third-order valence-electron chi connectivity index (χ3n) is 2.46. The second-order valence-electron chi connectivity index (χ2n) is 3.73. The van der Waals surface area contributed by atoms with Crippen molar-refractivity contribution in [2.24, 2.45) is 0 Å². The zero-order valence-corrected chi connectivity index (χ0v) is 14.3. The number of halogens is 2. The van der Waals surface area contributed by atoms with Gasteiger partial charge in [0.15, 0.2) is 0 Å². The van der Waals surface area contributed by atoms with E-state index in [-0.39, 0.29) is 5.91 Å². The zero-order valence-electron chi connectivity index (χ0n) is 10.3. The van der Waals surface area contributed by atoms with Gasteiger partial charge < -0.3 is 10.1 Å². The molecule has 0 saturated carbocycles. The summed E-state index contributed by atoms with van der Waals surface area (Å²) in [7, 11) is 1.30. The number of carbonyl (C=O) groups is 2. The van der Waals surface area contributed by atoms with Crippen LogP contribution >= 0.6 is 43.2 Å². The second kappa shape index (κ2) is 6.51. The standard InChI is InChI=1S/C13H9Br2NO3S/c1-19-13(18)11-10(4-5-20-11)16-12(17)8-3-2-7(14)6-9(8)15/h2-6H,1H3,(H,16,17). The molecule has 0 bridgehead atoms. The Labute approximate surface area is 136 Å². The van der Waals surface area contributed by atoms with Crippen molar-refractivity contribution in [3.63, 3.8) is 0 Å². The number of hydrogen-bond donors (Lipinski definition) is 1. The Morgan fingerprint density at radius 1 is 1.25 bits per heavy atom. The molecule has 1 aromatic heterocycles. The van der Waals surface area contributed by atoms with Crippen LogP contribution in [0, 0.1) is 0 Å². The molecule has 104 valence electrons. The lowest BCUT2D eigenvalue weighted by Gasteiger charge is -2.07. The zero-order chi connectivity index (χ0) is 14.7. The third kappa shape index (κ3) is 3.28. The molecule has 2 rings (SSSR count). The summed E-state index contributed by atoms with van der Waals surface area (Å²) in [4.78, 5) is 24.1. The summed E-state index contributed by atoms with van der Waals surface area (Å²) in [6.07, 6.45) is 0. The van der Waals surface area contributed by atoms with Gasteiger partial charge in [-0.05, 0) is 45.6 Å². The quantitative estimate of drug-likeness (QED) is 0.755. The molecule has 0 aliphatic carbocycles. The van der Waals surface area contributed by atoms with Crippen molar-refractivity contribution in [1.29, 1.82) is 0 Å². The van der Waals surface area contributed by atoms with Crippen LogP contribution in [-0.4, -0.2) is 19.0 Å². The monoisotopic (exact) mass is 417 g/mol. The van der Waals surface area contributed by atoms with Crippen LogP contribution in [0.1, 0.15) is 20.0 Å². The Balaban J connectivity index is 2.24. The van der Waals surface area contributed by atoms with Crippen LogP contribution in [0.15, 0.2) is 38.6 Å². The molecule has 0 spiro atoms. The Kier molecular flexibility index (Phi) is 4.95. The van der Waals surface area contributed by atoms with Crippen LogP contribution in [0.25, 0.3) is 0 Å². The van der Waals surface area contributed by atoms with Gasteiger partial charge in [-0.3, -0.25) is 4.79 Å². The molecule has 0 radical (unpaired) electrons. The average Bonchev–Trinajstić information content (AvgIpc) is 2.85. The van der Waals surface area contributed by atoms with Crippen molar-refractivity contribution in [3.8, 4) is 0 Å². The maximum absolute atomic E-state index is 12.2. The highest BCUT2D eigenvalue weighted by molar-refractivity contribution is 9.11. The van der Waals surface area contributed by atoms with Crippen LogP contribution in [0.2, 0.25) is 0 Å². The lowest BCUT2D eigenvalue weighted by molar-refractivity contribution is 0.0607. The van der Waals surface area contributed by atoms with Gasteiger partial charge in [0.2, 0.25) is 0 Å². The number of nitrogens with one attached hydrogen (secondary N) is 1. The van der Waals surface area contributed by atoms with E-state index in [4.69, 9.17) is 0 Å².